The van der Waals surface area contributed by atoms with Gasteiger partial charge in [0.05, 0.1) is 18.2 Å². The van der Waals surface area contributed by atoms with Gasteiger partial charge in [-0.25, -0.2) is 0 Å². The summed E-state index contributed by atoms with van der Waals surface area (Å²) in [6.45, 7) is 1.72. The van der Waals surface area contributed by atoms with Crippen molar-refractivity contribution in [2.45, 2.75) is 19.4 Å². The highest BCUT2D eigenvalue weighted by molar-refractivity contribution is 6.40. The van der Waals surface area contributed by atoms with Crippen LogP contribution in [0.4, 0.5) is 5.69 Å². The lowest BCUT2D eigenvalue weighted by atomic mass is 10.2. The van der Waals surface area contributed by atoms with E-state index >= 15 is 0 Å². The summed E-state index contributed by atoms with van der Waals surface area (Å²) in [6, 6.07) is 8.92. The molecule has 1 aromatic heterocycles. The molecule has 0 radical (unpaired) electrons. The number of anilines is 1. The summed E-state index contributed by atoms with van der Waals surface area (Å²) in [7, 11) is 1.51. The number of aromatic amines is 1. The van der Waals surface area contributed by atoms with Crippen molar-refractivity contribution >= 4 is 28.4 Å². The first-order chi connectivity index (χ1) is 10.0. The van der Waals surface area contributed by atoms with Crippen LogP contribution in [0.5, 0.6) is 0 Å². The Hall–Kier alpha value is -2.81. The topological polar surface area (TPSA) is 89.0 Å². The smallest absolute Gasteiger partial charge is 0.313 e. The molecule has 0 fully saturated rings. The Bertz CT molecular complexity index is 714. The number of nitriles is 1. The van der Waals surface area contributed by atoms with E-state index in [9.17, 15) is 9.59 Å². The number of aromatic nitrogens is 1. The van der Waals surface area contributed by atoms with Crippen molar-refractivity contribution in [3.63, 3.8) is 0 Å². The molecule has 1 heterocycles. The van der Waals surface area contributed by atoms with Crippen LogP contribution in [0.2, 0.25) is 0 Å². The van der Waals surface area contributed by atoms with Crippen molar-refractivity contribution in [3.05, 3.63) is 30.5 Å². The lowest BCUT2D eigenvalue weighted by Gasteiger charge is -2.22. The molecule has 0 spiro atoms. The molecule has 2 N–H and O–H groups in total. The maximum Gasteiger partial charge on any atom is 0.313 e. The van der Waals surface area contributed by atoms with Gasteiger partial charge >= 0.3 is 11.8 Å². The minimum atomic E-state index is -0.712. The number of rotatable bonds is 3. The summed E-state index contributed by atoms with van der Waals surface area (Å²) in [5.41, 5.74) is 1.46. The summed E-state index contributed by atoms with van der Waals surface area (Å²) < 4.78 is 0. The number of nitrogens with one attached hydrogen (secondary N) is 2. The molecule has 2 aromatic rings. The summed E-state index contributed by atoms with van der Waals surface area (Å²) in [6.07, 6.45) is 1.95. The number of amides is 2. The maximum atomic E-state index is 12.0. The number of carbonyl (C=O) groups is 2. The molecule has 21 heavy (non-hydrogen) atoms. The zero-order valence-electron chi connectivity index (χ0n) is 11.9. The van der Waals surface area contributed by atoms with E-state index in [4.69, 9.17) is 5.26 Å². The van der Waals surface area contributed by atoms with Crippen LogP contribution in [0, 0.1) is 11.3 Å². The third kappa shape index (κ3) is 3.03. The Kier molecular flexibility index (Phi) is 4.24. The summed E-state index contributed by atoms with van der Waals surface area (Å²) in [5, 5.41) is 12.1. The molecule has 1 atom stereocenters. The quantitative estimate of drug-likeness (QED) is 0.843. The fourth-order valence-electron chi connectivity index (χ4n) is 2.00. The molecular weight excluding hydrogens is 268 g/mol. The van der Waals surface area contributed by atoms with E-state index in [0.29, 0.717) is 5.69 Å². The van der Waals surface area contributed by atoms with E-state index < -0.39 is 11.8 Å². The maximum absolute atomic E-state index is 12.0. The van der Waals surface area contributed by atoms with Gasteiger partial charge in [-0.05, 0) is 25.1 Å². The Morgan fingerprint density at radius 1 is 1.43 bits per heavy atom. The van der Waals surface area contributed by atoms with Gasteiger partial charge in [0.2, 0.25) is 0 Å². The first-order valence-electron chi connectivity index (χ1n) is 6.55. The van der Waals surface area contributed by atoms with Gasteiger partial charge in [0.15, 0.2) is 0 Å². The standard InChI is InChI=1S/C15H16N4O2/c1-10(6-8-16)19(2)15(21)14(20)18-13-5-3-4-12-11(13)7-9-17-12/h3-5,7,9-10,17H,6H2,1-2H3,(H,18,20)/t10-/m1/s1. The van der Waals surface area contributed by atoms with Crippen LogP contribution in [0.15, 0.2) is 30.5 Å². The van der Waals surface area contributed by atoms with Crippen LogP contribution < -0.4 is 5.32 Å². The molecule has 2 rings (SSSR count). The van der Waals surface area contributed by atoms with Crippen molar-refractivity contribution in [1.82, 2.24) is 9.88 Å². The van der Waals surface area contributed by atoms with E-state index in [1.165, 1.54) is 11.9 Å². The molecule has 0 aliphatic heterocycles. The lowest BCUT2D eigenvalue weighted by molar-refractivity contribution is -0.143. The van der Waals surface area contributed by atoms with Gasteiger partial charge in [-0.2, -0.15) is 5.26 Å². The molecule has 0 saturated heterocycles. The van der Waals surface area contributed by atoms with Gasteiger partial charge in [0.1, 0.15) is 0 Å². The molecule has 0 aliphatic rings. The van der Waals surface area contributed by atoms with Crippen LogP contribution in [0.25, 0.3) is 10.9 Å². The van der Waals surface area contributed by atoms with Crippen molar-refractivity contribution in [1.29, 1.82) is 5.26 Å². The monoisotopic (exact) mass is 284 g/mol. The van der Waals surface area contributed by atoms with Gasteiger partial charge in [-0.15, -0.1) is 0 Å². The zero-order valence-corrected chi connectivity index (χ0v) is 11.9. The highest BCUT2D eigenvalue weighted by Crippen LogP contribution is 2.22. The first kappa shape index (κ1) is 14.6. The van der Waals surface area contributed by atoms with E-state index in [0.717, 1.165) is 10.9 Å². The summed E-state index contributed by atoms with van der Waals surface area (Å²) >= 11 is 0. The average molecular weight is 284 g/mol. The Morgan fingerprint density at radius 2 is 2.19 bits per heavy atom. The molecule has 6 nitrogen and oxygen atoms in total. The number of hydrogen-bond acceptors (Lipinski definition) is 3. The van der Waals surface area contributed by atoms with E-state index in [1.54, 1.807) is 25.3 Å². The van der Waals surface area contributed by atoms with Crippen LogP contribution in [0.1, 0.15) is 13.3 Å². The van der Waals surface area contributed by atoms with E-state index in [1.807, 2.05) is 18.2 Å². The molecule has 0 saturated carbocycles. The van der Waals surface area contributed by atoms with E-state index in [2.05, 4.69) is 10.3 Å². The normalized spacial score (nSPS) is 11.7. The number of likely N-dealkylation sites (N-methyl/N-ethyl adjacent to an activating group) is 1. The number of hydrogen-bond donors (Lipinski definition) is 2. The highest BCUT2D eigenvalue weighted by Gasteiger charge is 2.23. The minimum Gasteiger partial charge on any atom is -0.361 e. The number of nitrogens with zero attached hydrogens (tertiary/aromatic N) is 2. The van der Waals surface area contributed by atoms with Gasteiger partial charge in [0.25, 0.3) is 0 Å². The average Bonchev–Trinajstić information content (AvgIpc) is 2.95. The lowest BCUT2D eigenvalue weighted by Crippen LogP contribution is -2.42. The van der Waals surface area contributed by atoms with Crippen molar-refractivity contribution in [3.8, 4) is 6.07 Å². The van der Waals surface area contributed by atoms with Crippen LogP contribution in [-0.4, -0.2) is 34.8 Å². The largest absolute Gasteiger partial charge is 0.361 e. The molecule has 108 valence electrons. The van der Waals surface area contributed by atoms with Gasteiger partial charge < -0.3 is 15.2 Å². The second kappa shape index (κ2) is 6.09. The highest BCUT2D eigenvalue weighted by atomic mass is 16.2. The molecular formula is C15H16N4O2. The second-order valence-electron chi connectivity index (χ2n) is 4.83. The fourth-order valence-corrected chi connectivity index (χ4v) is 2.00. The number of benzene rings is 1. The molecule has 1 aromatic carbocycles. The second-order valence-corrected chi connectivity index (χ2v) is 4.83. The number of H-pyrrole nitrogens is 1. The number of fused-ring (bicyclic) bond motifs is 1. The predicted molar refractivity (Wildman–Crippen MR) is 79.4 cm³/mol. The summed E-state index contributed by atoms with van der Waals surface area (Å²) in [5.74, 6) is -1.37. The molecule has 2 amide bonds. The molecule has 0 bridgehead atoms. The van der Waals surface area contributed by atoms with Crippen molar-refractivity contribution in [2.24, 2.45) is 0 Å². The van der Waals surface area contributed by atoms with Crippen LogP contribution >= 0.6 is 0 Å². The summed E-state index contributed by atoms with van der Waals surface area (Å²) in [4.78, 5) is 28.4. The van der Waals surface area contributed by atoms with E-state index in [-0.39, 0.29) is 12.5 Å². The SMILES string of the molecule is C[C@H](CC#N)N(C)C(=O)C(=O)Nc1cccc2[nH]ccc12. The molecule has 0 unspecified atom stereocenters. The number of carbonyl (C=O) groups excluding carboxylic acids is 2. The van der Waals surface area contributed by atoms with Crippen molar-refractivity contribution < 1.29 is 9.59 Å². The Balaban J connectivity index is 2.13. The first-order valence-corrected chi connectivity index (χ1v) is 6.55. The zero-order chi connectivity index (χ0) is 15.4. The minimum absolute atomic E-state index is 0.183. The molecule has 6 heteroatoms. The van der Waals surface area contributed by atoms with Crippen molar-refractivity contribution in [2.75, 3.05) is 12.4 Å². The Morgan fingerprint density at radius 3 is 2.90 bits per heavy atom. The third-order valence-electron chi connectivity index (χ3n) is 3.41. The van der Waals surface area contributed by atoms with Crippen LogP contribution in [-0.2, 0) is 9.59 Å². The van der Waals surface area contributed by atoms with Crippen LogP contribution in [0.3, 0.4) is 0 Å². The predicted octanol–water partition coefficient (Wildman–Crippen LogP) is 1.87. The third-order valence-corrected chi connectivity index (χ3v) is 3.41. The fraction of sp³-hybridized carbons (Fsp3) is 0.267. The van der Waals surface area contributed by atoms with Gasteiger partial charge in [-0.1, -0.05) is 6.07 Å². The Labute approximate surface area is 122 Å². The van der Waals surface area contributed by atoms with Gasteiger partial charge in [-0.3, -0.25) is 9.59 Å². The van der Waals surface area contributed by atoms with Gasteiger partial charge in [0, 0.05) is 30.2 Å². The molecule has 0 aliphatic carbocycles.